The zero-order valence-electron chi connectivity index (χ0n) is 14.7. The molecular formula is C20H20FN3O2. The van der Waals surface area contributed by atoms with Gasteiger partial charge in [0, 0.05) is 18.7 Å². The van der Waals surface area contributed by atoms with Crippen LogP contribution in [0.3, 0.4) is 0 Å². The highest BCUT2D eigenvalue weighted by molar-refractivity contribution is 5.94. The molecule has 5 nitrogen and oxygen atoms in total. The fraction of sp³-hybridized carbons (Fsp3) is 0.250. The quantitative estimate of drug-likeness (QED) is 0.640. The van der Waals surface area contributed by atoms with Crippen LogP contribution in [0.25, 0.3) is 0 Å². The average Bonchev–Trinajstić information content (AvgIpc) is 3.14. The average molecular weight is 353 g/mol. The summed E-state index contributed by atoms with van der Waals surface area (Å²) in [6.07, 6.45) is 3.89. The highest BCUT2D eigenvalue weighted by Crippen LogP contribution is 2.28. The highest BCUT2D eigenvalue weighted by Gasteiger charge is 2.17. The van der Waals surface area contributed by atoms with Crippen molar-refractivity contribution >= 4 is 11.7 Å². The molecule has 1 atom stereocenters. The maximum atomic E-state index is 13.2. The zero-order chi connectivity index (χ0) is 18.5. The number of hydrogen-bond donors (Lipinski definition) is 1. The van der Waals surface area contributed by atoms with Gasteiger partial charge in [0.1, 0.15) is 11.6 Å². The summed E-state index contributed by atoms with van der Waals surface area (Å²) >= 11 is 0. The van der Waals surface area contributed by atoms with Crippen LogP contribution in [0.2, 0.25) is 0 Å². The molecule has 0 saturated carbocycles. The van der Waals surface area contributed by atoms with E-state index in [1.165, 1.54) is 25.3 Å². The van der Waals surface area contributed by atoms with Gasteiger partial charge < -0.3 is 9.73 Å². The van der Waals surface area contributed by atoms with E-state index in [0.717, 1.165) is 17.7 Å². The van der Waals surface area contributed by atoms with Crippen molar-refractivity contribution in [2.45, 2.75) is 26.2 Å². The van der Waals surface area contributed by atoms with Gasteiger partial charge in [-0.2, -0.15) is 0 Å². The molecular weight excluding hydrogens is 333 g/mol. The van der Waals surface area contributed by atoms with Crippen LogP contribution in [0.5, 0.6) is 0 Å². The molecule has 0 amide bonds. The molecule has 3 aromatic rings. The van der Waals surface area contributed by atoms with Crippen molar-refractivity contribution in [3.05, 3.63) is 77.3 Å². The van der Waals surface area contributed by atoms with Gasteiger partial charge in [-0.25, -0.2) is 14.4 Å². The Balaban J connectivity index is 1.70. The Morgan fingerprint density at radius 1 is 1.27 bits per heavy atom. The second-order valence-corrected chi connectivity index (χ2v) is 6.08. The lowest BCUT2D eigenvalue weighted by Crippen LogP contribution is -2.12. The molecule has 2 heterocycles. The van der Waals surface area contributed by atoms with Crippen molar-refractivity contribution in [3.63, 3.8) is 0 Å². The van der Waals surface area contributed by atoms with E-state index in [4.69, 9.17) is 4.42 Å². The first-order valence-corrected chi connectivity index (χ1v) is 8.42. The van der Waals surface area contributed by atoms with Crippen molar-refractivity contribution in [2.24, 2.45) is 0 Å². The minimum Gasteiger partial charge on any atom is -0.469 e. The lowest BCUT2D eigenvalue weighted by atomic mass is 9.93. The van der Waals surface area contributed by atoms with E-state index < -0.39 is 0 Å². The number of halogens is 1. The topological polar surface area (TPSA) is 68.0 Å². The number of aromatic nitrogens is 2. The van der Waals surface area contributed by atoms with Crippen LogP contribution in [0.15, 0.2) is 53.3 Å². The summed E-state index contributed by atoms with van der Waals surface area (Å²) in [5, 5.41) is 3.18. The number of carbonyl (C=O) groups excluding carboxylic acids is 1. The van der Waals surface area contributed by atoms with Crippen molar-refractivity contribution in [2.75, 3.05) is 11.9 Å². The van der Waals surface area contributed by atoms with E-state index in [-0.39, 0.29) is 17.5 Å². The number of anilines is 1. The summed E-state index contributed by atoms with van der Waals surface area (Å²) in [6.45, 7) is 3.88. The van der Waals surface area contributed by atoms with Crippen LogP contribution in [-0.2, 0) is 0 Å². The molecule has 1 N–H and O–H groups in total. The number of ketones is 1. The largest absolute Gasteiger partial charge is 0.469 e. The number of benzene rings is 1. The Kier molecular flexibility index (Phi) is 5.41. The van der Waals surface area contributed by atoms with Crippen molar-refractivity contribution < 1.29 is 13.6 Å². The van der Waals surface area contributed by atoms with E-state index >= 15 is 0 Å². The SMILES string of the molecule is CC(=O)c1cnc(NCCC(c2ccc(F)cc2)c2ccco2)nc1C. The van der Waals surface area contributed by atoms with Crippen LogP contribution < -0.4 is 5.32 Å². The Hall–Kier alpha value is -3.02. The molecule has 134 valence electrons. The Morgan fingerprint density at radius 2 is 2.04 bits per heavy atom. The minimum atomic E-state index is -0.264. The van der Waals surface area contributed by atoms with Crippen molar-refractivity contribution in [1.29, 1.82) is 0 Å². The van der Waals surface area contributed by atoms with Gasteiger partial charge in [-0.3, -0.25) is 4.79 Å². The molecule has 0 aliphatic carbocycles. The van der Waals surface area contributed by atoms with Gasteiger partial charge in [-0.15, -0.1) is 0 Å². The molecule has 0 aliphatic rings. The molecule has 1 unspecified atom stereocenters. The molecule has 0 bridgehead atoms. The normalized spacial score (nSPS) is 12.0. The summed E-state index contributed by atoms with van der Waals surface area (Å²) in [4.78, 5) is 20.0. The monoisotopic (exact) mass is 353 g/mol. The van der Waals surface area contributed by atoms with E-state index in [0.29, 0.717) is 23.8 Å². The molecule has 0 fully saturated rings. The summed E-state index contributed by atoms with van der Waals surface area (Å²) in [6, 6.07) is 10.2. The smallest absolute Gasteiger partial charge is 0.222 e. The maximum absolute atomic E-state index is 13.2. The third-order valence-corrected chi connectivity index (χ3v) is 4.23. The Morgan fingerprint density at radius 3 is 2.65 bits per heavy atom. The minimum absolute atomic E-state index is 0.00399. The third kappa shape index (κ3) is 4.14. The molecule has 1 aromatic carbocycles. The first kappa shape index (κ1) is 17.8. The number of nitrogens with zero attached hydrogens (tertiary/aromatic N) is 2. The number of Topliss-reactive ketones (excluding diaryl/α,β-unsaturated/α-hetero) is 1. The standard InChI is InChI=1S/C20H20FN3O2/c1-13-18(14(2)25)12-23-20(24-13)22-10-9-17(19-4-3-11-26-19)15-5-7-16(21)8-6-15/h3-8,11-12,17H,9-10H2,1-2H3,(H,22,23,24). The van der Waals surface area contributed by atoms with Gasteiger partial charge >= 0.3 is 0 Å². The van der Waals surface area contributed by atoms with Gasteiger partial charge in [0.15, 0.2) is 5.78 Å². The third-order valence-electron chi connectivity index (χ3n) is 4.23. The number of rotatable bonds is 7. The number of nitrogens with one attached hydrogen (secondary N) is 1. The summed E-state index contributed by atoms with van der Waals surface area (Å²) < 4.78 is 18.8. The molecule has 0 saturated heterocycles. The van der Waals surface area contributed by atoms with Crippen LogP contribution >= 0.6 is 0 Å². The lowest BCUT2D eigenvalue weighted by molar-refractivity contribution is 0.101. The van der Waals surface area contributed by atoms with Crippen LogP contribution in [0, 0.1) is 12.7 Å². The van der Waals surface area contributed by atoms with Gasteiger partial charge in [-0.05, 0) is 50.1 Å². The van der Waals surface area contributed by atoms with E-state index in [2.05, 4.69) is 15.3 Å². The van der Waals surface area contributed by atoms with Gasteiger partial charge in [0.2, 0.25) is 5.95 Å². The number of hydrogen-bond acceptors (Lipinski definition) is 5. The van der Waals surface area contributed by atoms with Crippen molar-refractivity contribution in [1.82, 2.24) is 9.97 Å². The van der Waals surface area contributed by atoms with Crippen LogP contribution in [0.4, 0.5) is 10.3 Å². The van der Waals surface area contributed by atoms with Gasteiger partial charge in [0.25, 0.3) is 0 Å². The first-order valence-electron chi connectivity index (χ1n) is 8.42. The van der Waals surface area contributed by atoms with Gasteiger partial charge in [0.05, 0.1) is 17.5 Å². The summed E-state index contributed by atoms with van der Waals surface area (Å²) in [5.74, 6) is 0.977. The van der Waals surface area contributed by atoms with Crippen LogP contribution in [0.1, 0.15) is 46.6 Å². The highest BCUT2D eigenvalue weighted by atomic mass is 19.1. The molecule has 0 aliphatic heterocycles. The first-order chi connectivity index (χ1) is 12.5. The molecule has 3 rings (SSSR count). The zero-order valence-corrected chi connectivity index (χ0v) is 14.7. The lowest BCUT2D eigenvalue weighted by Gasteiger charge is -2.16. The molecule has 0 spiro atoms. The molecule has 2 aromatic heterocycles. The maximum Gasteiger partial charge on any atom is 0.222 e. The fourth-order valence-electron chi connectivity index (χ4n) is 2.88. The number of aryl methyl sites for hydroxylation is 1. The molecule has 6 heteroatoms. The predicted molar refractivity (Wildman–Crippen MR) is 96.8 cm³/mol. The summed E-state index contributed by atoms with van der Waals surface area (Å²) in [5.41, 5.74) is 2.15. The molecule has 26 heavy (non-hydrogen) atoms. The van der Waals surface area contributed by atoms with Crippen LogP contribution in [-0.4, -0.2) is 22.3 Å². The van der Waals surface area contributed by atoms with E-state index in [1.807, 2.05) is 12.1 Å². The Bertz CT molecular complexity index is 877. The summed E-state index contributed by atoms with van der Waals surface area (Å²) in [7, 11) is 0. The second kappa shape index (κ2) is 7.91. The number of carbonyl (C=O) groups is 1. The fourth-order valence-corrected chi connectivity index (χ4v) is 2.88. The second-order valence-electron chi connectivity index (χ2n) is 6.08. The van der Waals surface area contributed by atoms with Gasteiger partial charge in [-0.1, -0.05) is 12.1 Å². The molecule has 0 radical (unpaired) electrons. The Labute approximate surface area is 151 Å². The number of furan rings is 1. The van der Waals surface area contributed by atoms with E-state index in [1.54, 1.807) is 25.3 Å². The van der Waals surface area contributed by atoms with E-state index in [9.17, 15) is 9.18 Å². The van der Waals surface area contributed by atoms with Crippen molar-refractivity contribution in [3.8, 4) is 0 Å². The predicted octanol–water partition coefficient (Wildman–Crippen LogP) is 4.35.